The Labute approximate surface area is 115 Å². The first-order valence-corrected chi connectivity index (χ1v) is 6.94. The average Bonchev–Trinajstić information content (AvgIpc) is 3.23. The van der Waals surface area contributed by atoms with E-state index in [0.717, 1.165) is 12.0 Å². The van der Waals surface area contributed by atoms with Gasteiger partial charge in [-0.3, -0.25) is 4.79 Å². The SMILES string of the molecule is COC(=O)C(CN)(Cc1ccc(C)cc1)CC1CC1. The van der Waals surface area contributed by atoms with Gasteiger partial charge in [0.2, 0.25) is 0 Å². The summed E-state index contributed by atoms with van der Waals surface area (Å²) in [6.07, 6.45) is 3.95. The maximum absolute atomic E-state index is 12.2. The molecule has 3 heteroatoms. The van der Waals surface area contributed by atoms with E-state index in [2.05, 4.69) is 31.2 Å². The molecule has 2 rings (SSSR count). The molecule has 1 aromatic carbocycles. The number of carbonyl (C=O) groups is 1. The molecule has 0 aromatic heterocycles. The highest BCUT2D eigenvalue weighted by Gasteiger charge is 2.43. The lowest BCUT2D eigenvalue weighted by molar-refractivity contribution is -0.153. The summed E-state index contributed by atoms with van der Waals surface area (Å²) in [4.78, 5) is 12.2. The van der Waals surface area contributed by atoms with Crippen molar-refractivity contribution in [2.75, 3.05) is 13.7 Å². The maximum atomic E-state index is 12.2. The van der Waals surface area contributed by atoms with E-state index in [-0.39, 0.29) is 5.97 Å². The van der Waals surface area contributed by atoms with Gasteiger partial charge in [-0.05, 0) is 31.2 Å². The molecule has 19 heavy (non-hydrogen) atoms. The van der Waals surface area contributed by atoms with Crippen molar-refractivity contribution in [3.63, 3.8) is 0 Å². The molecule has 0 bridgehead atoms. The predicted molar refractivity (Wildman–Crippen MR) is 75.7 cm³/mol. The monoisotopic (exact) mass is 261 g/mol. The smallest absolute Gasteiger partial charge is 0.313 e. The van der Waals surface area contributed by atoms with Gasteiger partial charge in [-0.2, -0.15) is 0 Å². The second-order valence-corrected chi connectivity index (χ2v) is 5.79. The van der Waals surface area contributed by atoms with Crippen LogP contribution in [-0.4, -0.2) is 19.6 Å². The highest BCUT2D eigenvalue weighted by atomic mass is 16.5. The molecule has 0 saturated heterocycles. The molecular weight excluding hydrogens is 238 g/mol. The third-order valence-electron chi connectivity index (χ3n) is 4.05. The van der Waals surface area contributed by atoms with Crippen molar-refractivity contribution in [1.29, 1.82) is 0 Å². The molecule has 1 aromatic rings. The van der Waals surface area contributed by atoms with Crippen molar-refractivity contribution in [3.8, 4) is 0 Å². The molecule has 0 radical (unpaired) electrons. The minimum Gasteiger partial charge on any atom is -0.469 e. The first-order chi connectivity index (χ1) is 9.09. The molecule has 1 unspecified atom stereocenters. The molecule has 2 N–H and O–H groups in total. The molecule has 1 fully saturated rings. The fraction of sp³-hybridized carbons (Fsp3) is 0.562. The van der Waals surface area contributed by atoms with Crippen LogP contribution in [0.3, 0.4) is 0 Å². The Morgan fingerprint density at radius 2 is 2.00 bits per heavy atom. The highest BCUT2D eigenvalue weighted by Crippen LogP contribution is 2.42. The lowest BCUT2D eigenvalue weighted by Gasteiger charge is -2.30. The summed E-state index contributed by atoms with van der Waals surface area (Å²) in [5.74, 6) is 0.482. The first kappa shape index (κ1) is 14.1. The average molecular weight is 261 g/mol. The van der Waals surface area contributed by atoms with Crippen molar-refractivity contribution in [1.82, 2.24) is 0 Å². The van der Waals surface area contributed by atoms with Gasteiger partial charge in [0.25, 0.3) is 0 Å². The Hall–Kier alpha value is -1.35. The van der Waals surface area contributed by atoms with Gasteiger partial charge in [-0.1, -0.05) is 42.7 Å². The highest BCUT2D eigenvalue weighted by molar-refractivity contribution is 5.77. The Morgan fingerprint density at radius 1 is 1.37 bits per heavy atom. The van der Waals surface area contributed by atoms with Crippen LogP contribution in [0, 0.1) is 18.3 Å². The quantitative estimate of drug-likeness (QED) is 0.800. The summed E-state index contributed by atoms with van der Waals surface area (Å²) >= 11 is 0. The van der Waals surface area contributed by atoms with Crippen LogP contribution in [0.2, 0.25) is 0 Å². The number of hydrogen-bond donors (Lipinski definition) is 1. The van der Waals surface area contributed by atoms with Gasteiger partial charge in [0.15, 0.2) is 0 Å². The molecule has 1 aliphatic carbocycles. The number of hydrogen-bond acceptors (Lipinski definition) is 3. The molecule has 0 aliphatic heterocycles. The minimum absolute atomic E-state index is 0.164. The second kappa shape index (κ2) is 5.74. The van der Waals surface area contributed by atoms with Gasteiger partial charge in [0, 0.05) is 6.54 Å². The Bertz CT molecular complexity index is 437. The number of rotatable bonds is 6. The van der Waals surface area contributed by atoms with Crippen LogP contribution in [0.15, 0.2) is 24.3 Å². The van der Waals surface area contributed by atoms with Crippen molar-refractivity contribution >= 4 is 5.97 Å². The van der Waals surface area contributed by atoms with E-state index in [1.807, 2.05) is 0 Å². The van der Waals surface area contributed by atoms with E-state index < -0.39 is 5.41 Å². The number of nitrogens with two attached hydrogens (primary N) is 1. The standard InChI is InChI=1S/C16H23NO2/c1-12-3-5-13(6-4-12)9-16(11-17,15(18)19-2)10-14-7-8-14/h3-6,14H,7-11,17H2,1-2H3. The van der Waals surface area contributed by atoms with Crippen LogP contribution in [0.1, 0.15) is 30.4 Å². The number of aryl methyl sites for hydroxylation is 1. The van der Waals surface area contributed by atoms with Gasteiger partial charge >= 0.3 is 5.97 Å². The third-order valence-corrected chi connectivity index (χ3v) is 4.05. The minimum atomic E-state index is -0.550. The zero-order valence-corrected chi connectivity index (χ0v) is 11.8. The van der Waals surface area contributed by atoms with E-state index in [0.29, 0.717) is 18.9 Å². The summed E-state index contributed by atoms with van der Waals surface area (Å²) in [6.45, 7) is 2.41. The predicted octanol–water partition coefficient (Wildman–Crippen LogP) is 2.46. The number of esters is 1. The molecule has 1 saturated carbocycles. The van der Waals surface area contributed by atoms with Crippen molar-refractivity contribution in [3.05, 3.63) is 35.4 Å². The van der Waals surface area contributed by atoms with E-state index in [1.165, 1.54) is 25.5 Å². The summed E-state index contributed by atoms with van der Waals surface area (Å²) in [5, 5.41) is 0. The first-order valence-electron chi connectivity index (χ1n) is 6.94. The number of ether oxygens (including phenoxy) is 1. The lowest BCUT2D eigenvalue weighted by atomic mass is 9.77. The van der Waals surface area contributed by atoms with Crippen LogP contribution in [0.25, 0.3) is 0 Å². The number of benzene rings is 1. The molecule has 104 valence electrons. The molecule has 0 amide bonds. The van der Waals surface area contributed by atoms with Gasteiger partial charge < -0.3 is 10.5 Å². The van der Waals surface area contributed by atoms with Gasteiger partial charge in [0.05, 0.1) is 12.5 Å². The van der Waals surface area contributed by atoms with Crippen molar-refractivity contribution in [2.45, 2.75) is 32.6 Å². The summed E-state index contributed by atoms with van der Waals surface area (Å²) < 4.78 is 5.01. The van der Waals surface area contributed by atoms with Crippen LogP contribution < -0.4 is 5.73 Å². The van der Waals surface area contributed by atoms with E-state index in [1.54, 1.807) is 0 Å². The molecule has 3 nitrogen and oxygen atoms in total. The second-order valence-electron chi connectivity index (χ2n) is 5.79. The van der Waals surface area contributed by atoms with Crippen molar-refractivity contribution < 1.29 is 9.53 Å². The summed E-state index contributed by atoms with van der Waals surface area (Å²) in [7, 11) is 1.45. The molecular formula is C16H23NO2. The van der Waals surface area contributed by atoms with Crippen molar-refractivity contribution in [2.24, 2.45) is 17.1 Å². The normalized spacial score (nSPS) is 17.8. The van der Waals surface area contributed by atoms with Crippen LogP contribution in [0.5, 0.6) is 0 Å². The van der Waals surface area contributed by atoms with E-state index >= 15 is 0 Å². The Balaban J connectivity index is 2.20. The zero-order chi connectivity index (χ0) is 13.9. The molecule has 0 heterocycles. The topological polar surface area (TPSA) is 52.3 Å². The fourth-order valence-corrected chi connectivity index (χ4v) is 2.65. The van der Waals surface area contributed by atoms with E-state index in [9.17, 15) is 4.79 Å². The van der Waals surface area contributed by atoms with Crippen LogP contribution in [0.4, 0.5) is 0 Å². The lowest BCUT2D eigenvalue weighted by Crippen LogP contribution is -2.42. The van der Waals surface area contributed by atoms with Crippen LogP contribution in [-0.2, 0) is 16.0 Å². The van der Waals surface area contributed by atoms with Gasteiger partial charge in [-0.15, -0.1) is 0 Å². The van der Waals surface area contributed by atoms with E-state index in [4.69, 9.17) is 10.5 Å². The third kappa shape index (κ3) is 3.35. The summed E-state index contributed by atoms with van der Waals surface area (Å²) in [6, 6.07) is 8.31. The van der Waals surface area contributed by atoms with Crippen LogP contribution >= 0.6 is 0 Å². The maximum Gasteiger partial charge on any atom is 0.313 e. The van der Waals surface area contributed by atoms with Gasteiger partial charge in [-0.25, -0.2) is 0 Å². The number of carbonyl (C=O) groups excluding carboxylic acids is 1. The Morgan fingerprint density at radius 3 is 2.47 bits per heavy atom. The Kier molecular flexibility index (Phi) is 4.25. The summed E-state index contributed by atoms with van der Waals surface area (Å²) in [5.41, 5.74) is 7.77. The molecule has 1 atom stereocenters. The number of methoxy groups -OCH3 is 1. The zero-order valence-electron chi connectivity index (χ0n) is 11.8. The van der Waals surface area contributed by atoms with Gasteiger partial charge in [0.1, 0.15) is 0 Å². The molecule has 1 aliphatic rings. The largest absolute Gasteiger partial charge is 0.469 e. The fourth-order valence-electron chi connectivity index (χ4n) is 2.65. The molecule has 0 spiro atoms.